The Kier molecular flexibility index (Phi) is 7.78. The van der Waals surface area contributed by atoms with Crippen LogP contribution in [0.15, 0.2) is 36.5 Å². The van der Waals surface area contributed by atoms with E-state index in [-0.39, 0.29) is 12.0 Å². The number of ether oxygens (including phenoxy) is 1. The number of unbranched alkanes of at least 4 members (excludes halogenated alkanes) is 1. The van der Waals surface area contributed by atoms with E-state index in [0.717, 1.165) is 53.8 Å². The molecule has 2 aromatic heterocycles. The molecule has 1 aliphatic rings. The van der Waals surface area contributed by atoms with Gasteiger partial charge in [0.1, 0.15) is 0 Å². The second-order valence-electron chi connectivity index (χ2n) is 9.70. The van der Waals surface area contributed by atoms with Crippen LogP contribution in [0.2, 0.25) is 0 Å². The number of hydrogen-bond acceptors (Lipinski definition) is 5. The number of benzene rings is 1. The molecule has 33 heavy (non-hydrogen) atoms. The maximum absolute atomic E-state index is 11.4. The fourth-order valence-corrected chi connectivity index (χ4v) is 4.75. The molecule has 0 aliphatic carbocycles. The Balaban J connectivity index is 1.73. The first-order valence-corrected chi connectivity index (χ1v) is 12.4. The summed E-state index contributed by atoms with van der Waals surface area (Å²) >= 11 is 0. The zero-order chi connectivity index (χ0) is 23.4. The van der Waals surface area contributed by atoms with Crippen LogP contribution in [-0.2, 0) is 11.3 Å². The largest absolute Gasteiger partial charge is 0.388 e. The zero-order valence-electron chi connectivity index (χ0n) is 20.5. The number of aliphatic hydroxyl groups is 1. The summed E-state index contributed by atoms with van der Waals surface area (Å²) in [6.07, 6.45) is 5.47. The Labute approximate surface area is 197 Å². The molecule has 1 aliphatic heterocycles. The van der Waals surface area contributed by atoms with Crippen molar-refractivity contribution in [2.24, 2.45) is 5.92 Å². The first-order chi connectivity index (χ1) is 16.0. The molecular formula is C27H38N4O2. The number of fused-ring (bicyclic) bond motifs is 1. The van der Waals surface area contributed by atoms with Gasteiger partial charge in [0.2, 0.25) is 0 Å². The molecule has 0 bridgehead atoms. The minimum Gasteiger partial charge on any atom is -0.388 e. The molecule has 0 saturated carbocycles. The van der Waals surface area contributed by atoms with Crippen LogP contribution in [0.25, 0.3) is 22.3 Å². The molecule has 1 saturated heterocycles. The summed E-state index contributed by atoms with van der Waals surface area (Å²) in [6, 6.07) is 10.9. The molecule has 0 radical (unpaired) electrons. The quantitative estimate of drug-likeness (QED) is 0.475. The summed E-state index contributed by atoms with van der Waals surface area (Å²) in [5.74, 6) is 0.193. The van der Waals surface area contributed by atoms with Crippen LogP contribution < -0.4 is 0 Å². The van der Waals surface area contributed by atoms with Crippen molar-refractivity contribution in [1.82, 2.24) is 19.7 Å². The number of aliphatic hydroxyl groups excluding tert-OH is 1. The third-order valence-corrected chi connectivity index (χ3v) is 6.69. The van der Waals surface area contributed by atoms with E-state index in [1.54, 1.807) is 0 Å². The molecule has 1 atom stereocenters. The average molecular weight is 451 g/mol. The van der Waals surface area contributed by atoms with Gasteiger partial charge in [-0.2, -0.15) is 5.10 Å². The lowest BCUT2D eigenvalue weighted by atomic mass is 9.88. The Morgan fingerprint density at radius 3 is 2.73 bits per heavy atom. The van der Waals surface area contributed by atoms with E-state index < -0.39 is 6.10 Å². The number of hydrogen-bond donors (Lipinski definition) is 1. The summed E-state index contributed by atoms with van der Waals surface area (Å²) in [6.45, 7) is 9.88. The highest BCUT2D eigenvalue weighted by molar-refractivity contribution is 5.83. The van der Waals surface area contributed by atoms with Gasteiger partial charge < -0.3 is 14.7 Å². The van der Waals surface area contributed by atoms with Crippen molar-refractivity contribution < 1.29 is 9.84 Å². The SMILES string of the molecule is CCCCN(C)Cc1cccc(-c2cc(C(O)C3CCOCC3)c3cnn(C(C)C)c3n2)c1. The predicted molar refractivity (Wildman–Crippen MR) is 133 cm³/mol. The first-order valence-electron chi connectivity index (χ1n) is 12.4. The topological polar surface area (TPSA) is 63.4 Å². The fraction of sp³-hybridized carbons (Fsp3) is 0.556. The Hall–Kier alpha value is -2.28. The second-order valence-corrected chi connectivity index (χ2v) is 9.70. The molecule has 3 aromatic rings. The molecule has 6 heteroatoms. The van der Waals surface area contributed by atoms with Crippen LogP contribution in [0.1, 0.15) is 69.7 Å². The van der Waals surface area contributed by atoms with Crippen molar-refractivity contribution in [3.63, 3.8) is 0 Å². The molecule has 0 amide bonds. The minimum absolute atomic E-state index is 0.192. The van der Waals surface area contributed by atoms with E-state index >= 15 is 0 Å². The molecule has 6 nitrogen and oxygen atoms in total. The molecule has 1 aromatic carbocycles. The van der Waals surface area contributed by atoms with Gasteiger partial charge in [0.05, 0.1) is 18.0 Å². The van der Waals surface area contributed by atoms with Gasteiger partial charge in [0.15, 0.2) is 5.65 Å². The van der Waals surface area contributed by atoms with Gasteiger partial charge in [-0.25, -0.2) is 9.67 Å². The minimum atomic E-state index is -0.550. The third kappa shape index (κ3) is 5.45. The van der Waals surface area contributed by atoms with E-state index in [1.165, 1.54) is 18.4 Å². The fourth-order valence-electron chi connectivity index (χ4n) is 4.75. The summed E-state index contributed by atoms with van der Waals surface area (Å²) in [4.78, 5) is 7.40. The van der Waals surface area contributed by atoms with Gasteiger partial charge in [-0.15, -0.1) is 0 Å². The van der Waals surface area contributed by atoms with Crippen LogP contribution in [-0.4, -0.2) is 51.6 Å². The van der Waals surface area contributed by atoms with E-state index in [2.05, 4.69) is 68.1 Å². The van der Waals surface area contributed by atoms with Crippen molar-refractivity contribution >= 4 is 11.0 Å². The number of nitrogens with zero attached hydrogens (tertiary/aromatic N) is 4. The van der Waals surface area contributed by atoms with Gasteiger partial charge >= 0.3 is 0 Å². The highest BCUT2D eigenvalue weighted by Gasteiger charge is 2.27. The highest BCUT2D eigenvalue weighted by Crippen LogP contribution is 2.36. The van der Waals surface area contributed by atoms with E-state index in [1.807, 2.05) is 10.9 Å². The van der Waals surface area contributed by atoms with Crippen molar-refractivity contribution in [2.45, 2.75) is 65.1 Å². The van der Waals surface area contributed by atoms with E-state index in [9.17, 15) is 5.11 Å². The van der Waals surface area contributed by atoms with Gasteiger partial charge in [0.25, 0.3) is 0 Å². The molecule has 1 fully saturated rings. The van der Waals surface area contributed by atoms with E-state index in [0.29, 0.717) is 13.2 Å². The molecule has 3 heterocycles. The van der Waals surface area contributed by atoms with Crippen LogP contribution in [0.5, 0.6) is 0 Å². The van der Waals surface area contributed by atoms with Crippen molar-refractivity contribution in [3.8, 4) is 11.3 Å². The van der Waals surface area contributed by atoms with Crippen molar-refractivity contribution in [1.29, 1.82) is 0 Å². The Morgan fingerprint density at radius 2 is 2.00 bits per heavy atom. The lowest BCUT2D eigenvalue weighted by Gasteiger charge is -2.27. The first kappa shape index (κ1) is 23.9. The molecule has 178 valence electrons. The van der Waals surface area contributed by atoms with Crippen molar-refractivity contribution in [3.05, 3.63) is 47.7 Å². The molecule has 0 spiro atoms. The summed E-state index contributed by atoms with van der Waals surface area (Å²) in [7, 11) is 2.18. The predicted octanol–water partition coefficient (Wildman–Crippen LogP) is 5.37. The van der Waals surface area contributed by atoms with Gasteiger partial charge in [-0.3, -0.25) is 0 Å². The summed E-state index contributed by atoms with van der Waals surface area (Å²) in [5, 5.41) is 17.0. The summed E-state index contributed by atoms with van der Waals surface area (Å²) in [5.41, 5.74) is 5.02. The maximum atomic E-state index is 11.4. The van der Waals surface area contributed by atoms with Gasteiger partial charge in [-0.1, -0.05) is 31.5 Å². The summed E-state index contributed by atoms with van der Waals surface area (Å²) < 4.78 is 7.49. The van der Waals surface area contributed by atoms with Gasteiger partial charge in [-0.05, 0) is 75.9 Å². The normalized spacial score (nSPS) is 16.2. The van der Waals surface area contributed by atoms with Crippen LogP contribution in [0, 0.1) is 5.92 Å². The maximum Gasteiger partial charge on any atom is 0.159 e. The molecule has 4 rings (SSSR count). The van der Waals surface area contributed by atoms with Crippen LogP contribution in [0.3, 0.4) is 0 Å². The van der Waals surface area contributed by atoms with Crippen molar-refractivity contribution in [2.75, 3.05) is 26.8 Å². The Morgan fingerprint density at radius 1 is 1.21 bits per heavy atom. The van der Waals surface area contributed by atoms with Gasteiger partial charge in [0, 0.05) is 36.8 Å². The number of aromatic nitrogens is 3. The standard InChI is InChI=1S/C27H38N4O2/c1-5-6-12-30(4)18-20-8-7-9-22(15-20)25-16-23(26(32)21-10-13-33-14-11-21)24-17-28-31(19(2)3)27(24)29-25/h7-9,15-17,19,21,26,32H,5-6,10-14,18H2,1-4H3. The monoisotopic (exact) mass is 450 g/mol. The Bertz CT molecular complexity index is 1060. The number of pyridine rings is 1. The highest BCUT2D eigenvalue weighted by atomic mass is 16.5. The molecule has 1 unspecified atom stereocenters. The van der Waals surface area contributed by atoms with Crippen LogP contribution >= 0.6 is 0 Å². The second kappa shape index (κ2) is 10.8. The average Bonchev–Trinajstić information content (AvgIpc) is 3.27. The lowest BCUT2D eigenvalue weighted by Crippen LogP contribution is -2.22. The third-order valence-electron chi connectivity index (χ3n) is 6.69. The smallest absolute Gasteiger partial charge is 0.159 e. The van der Waals surface area contributed by atoms with E-state index in [4.69, 9.17) is 9.72 Å². The zero-order valence-corrected chi connectivity index (χ0v) is 20.5. The number of rotatable bonds is 9. The van der Waals surface area contributed by atoms with Crippen LogP contribution in [0.4, 0.5) is 0 Å². The lowest BCUT2D eigenvalue weighted by molar-refractivity contribution is 0.00773. The molecule has 1 N–H and O–H groups in total. The molecular weight excluding hydrogens is 412 g/mol.